The summed E-state index contributed by atoms with van der Waals surface area (Å²) in [6.45, 7) is 2.50. The first-order valence-corrected chi connectivity index (χ1v) is 4.10. The number of nitrogens with one attached hydrogen (secondary N) is 1. The van der Waals surface area contributed by atoms with Crippen LogP contribution in [0.15, 0.2) is 0 Å². The number of piperidine rings is 1. The Morgan fingerprint density at radius 2 is 1.64 bits per heavy atom. The van der Waals surface area contributed by atoms with Crippen LogP contribution in [-0.4, -0.2) is 38.5 Å². The van der Waals surface area contributed by atoms with Crippen LogP contribution in [0.3, 0.4) is 0 Å². The maximum atomic E-state index is 9.43. The van der Waals surface area contributed by atoms with Crippen molar-refractivity contribution in [1.82, 2.24) is 10.2 Å². The minimum absolute atomic E-state index is 0.750. The first-order chi connectivity index (χ1) is 5.27. The molecule has 1 rings (SSSR count). The molecule has 1 amide bonds. The molecule has 3 nitrogen and oxygen atoms in total. The van der Waals surface area contributed by atoms with E-state index in [0.717, 1.165) is 6.41 Å². The molecule has 0 aliphatic carbocycles. The van der Waals surface area contributed by atoms with Gasteiger partial charge in [0.2, 0.25) is 6.41 Å². The molecule has 1 heterocycles. The highest BCUT2D eigenvalue weighted by Crippen LogP contribution is 1.96. The largest absolute Gasteiger partial charge is 0.351 e. The van der Waals surface area contributed by atoms with E-state index in [-0.39, 0.29) is 0 Å². The van der Waals surface area contributed by atoms with Crippen molar-refractivity contribution in [3.63, 3.8) is 0 Å². The number of hydrogen-bond donors (Lipinski definition) is 1. The lowest BCUT2D eigenvalue weighted by Crippen LogP contribution is -2.21. The van der Waals surface area contributed by atoms with Gasteiger partial charge in [0.25, 0.3) is 0 Å². The summed E-state index contributed by atoms with van der Waals surface area (Å²) in [6.07, 6.45) is 4.97. The SMILES string of the molecule is C1CCNCC1.CN(C)C=O. The lowest BCUT2D eigenvalue weighted by Gasteiger charge is -2.08. The zero-order valence-corrected chi connectivity index (χ0v) is 7.47. The molecular formula is C8H18N2O. The Morgan fingerprint density at radius 3 is 1.73 bits per heavy atom. The van der Waals surface area contributed by atoms with Crippen LogP contribution in [0, 0.1) is 0 Å². The molecule has 0 radical (unpaired) electrons. The maximum absolute atomic E-state index is 9.43. The first-order valence-electron chi connectivity index (χ1n) is 4.10. The van der Waals surface area contributed by atoms with Gasteiger partial charge in [0.15, 0.2) is 0 Å². The van der Waals surface area contributed by atoms with Crippen molar-refractivity contribution in [2.75, 3.05) is 27.2 Å². The van der Waals surface area contributed by atoms with Crippen LogP contribution in [0.25, 0.3) is 0 Å². The topological polar surface area (TPSA) is 32.3 Å². The predicted molar refractivity (Wildman–Crippen MR) is 46.5 cm³/mol. The van der Waals surface area contributed by atoms with E-state index in [4.69, 9.17) is 0 Å². The van der Waals surface area contributed by atoms with Crippen LogP contribution in [0.2, 0.25) is 0 Å². The van der Waals surface area contributed by atoms with Crippen molar-refractivity contribution in [2.24, 2.45) is 0 Å². The van der Waals surface area contributed by atoms with Crippen molar-refractivity contribution in [1.29, 1.82) is 0 Å². The van der Waals surface area contributed by atoms with Crippen LogP contribution in [0.1, 0.15) is 19.3 Å². The van der Waals surface area contributed by atoms with Gasteiger partial charge in [-0.3, -0.25) is 4.79 Å². The van der Waals surface area contributed by atoms with Gasteiger partial charge in [-0.25, -0.2) is 0 Å². The average molecular weight is 158 g/mol. The summed E-state index contributed by atoms with van der Waals surface area (Å²) in [7, 11) is 3.38. The molecule has 66 valence electrons. The molecule has 11 heavy (non-hydrogen) atoms. The van der Waals surface area contributed by atoms with Gasteiger partial charge in [0.05, 0.1) is 0 Å². The standard InChI is InChI=1S/C5H11N.C3H7NO/c1-2-4-6-5-3-1;1-4(2)3-5/h6H,1-5H2;3H,1-2H3. The second kappa shape index (κ2) is 7.54. The highest BCUT2D eigenvalue weighted by molar-refractivity contribution is 5.45. The summed E-state index contributed by atoms with van der Waals surface area (Å²) in [4.78, 5) is 10.9. The van der Waals surface area contributed by atoms with E-state index < -0.39 is 0 Å². The van der Waals surface area contributed by atoms with Gasteiger partial charge in [-0.15, -0.1) is 0 Å². The molecule has 0 saturated carbocycles. The van der Waals surface area contributed by atoms with Crippen LogP contribution < -0.4 is 5.32 Å². The van der Waals surface area contributed by atoms with E-state index in [1.165, 1.54) is 37.3 Å². The van der Waals surface area contributed by atoms with Crippen LogP contribution in [0.5, 0.6) is 0 Å². The lowest BCUT2D eigenvalue weighted by atomic mass is 10.2. The van der Waals surface area contributed by atoms with Crippen molar-refractivity contribution in [3.05, 3.63) is 0 Å². The monoisotopic (exact) mass is 158 g/mol. The average Bonchev–Trinajstić information content (AvgIpc) is 2.09. The molecule has 1 fully saturated rings. The van der Waals surface area contributed by atoms with Gasteiger partial charge in [-0.1, -0.05) is 6.42 Å². The van der Waals surface area contributed by atoms with Crippen LogP contribution in [0.4, 0.5) is 0 Å². The fraction of sp³-hybridized carbons (Fsp3) is 0.875. The van der Waals surface area contributed by atoms with Gasteiger partial charge in [0, 0.05) is 14.1 Å². The quantitative estimate of drug-likeness (QED) is 0.562. The number of carbonyl (C=O) groups excluding carboxylic acids is 1. The predicted octanol–water partition coefficient (Wildman–Crippen LogP) is 0.464. The summed E-state index contributed by atoms with van der Waals surface area (Å²) in [5.74, 6) is 0. The molecule has 1 N–H and O–H groups in total. The van der Waals surface area contributed by atoms with Gasteiger partial charge in [-0.05, 0) is 25.9 Å². The van der Waals surface area contributed by atoms with Crippen LogP contribution in [-0.2, 0) is 4.79 Å². The molecule has 1 saturated heterocycles. The van der Waals surface area contributed by atoms with Crippen molar-refractivity contribution < 1.29 is 4.79 Å². The first kappa shape index (κ1) is 10.4. The molecule has 3 heteroatoms. The highest BCUT2D eigenvalue weighted by atomic mass is 16.1. The van der Waals surface area contributed by atoms with E-state index >= 15 is 0 Å². The molecular weight excluding hydrogens is 140 g/mol. The smallest absolute Gasteiger partial charge is 0.209 e. The molecule has 1 aliphatic heterocycles. The zero-order chi connectivity index (χ0) is 8.53. The molecule has 0 bridgehead atoms. The Hall–Kier alpha value is -0.570. The van der Waals surface area contributed by atoms with E-state index in [0.29, 0.717) is 0 Å². The summed E-state index contributed by atoms with van der Waals surface area (Å²) in [5, 5.41) is 3.28. The number of rotatable bonds is 1. The lowest BCUT2D eigenvalue weighted by molar-refractivity contribution is -0.115. The van der Waals surface area contributed by atoms with E-state index in [2.05, 4.69) is 5.32 Å². The highest BCUT2D eigenvalue weighted by Gasteiger charge is 1.93. The zero-order valence-electron chi connectivity index (χ0n) is 7.47. The Bertz CT molecular complexity index is 78.6. The third-order valence-electron chi connectivity index (χ3n) is 1.42. The summed E-state index contributed by atoms with van der Waals surface area (Å²) in [6, 6.07) is 0. The summed E-state index contributed by atoms with van der Waals surface area (Å²) >= 11 is 0. The minimum Gasteiger partial charge on any atom is -0.351 e. The Balaban J connectivity index is 0.000000187. The van der Waals surface area contributed by atoms with Gasteiger partial charge in [-0.2, -0.15) is 0 Å². The number of nitrogens with zero attached hydrogens (tertiary/aromatic N) is 1. The fourth-order valence-corrected chi connectivity index (χ4v) is 0.802. The number of hydrogen-bond acceptors (Lipinski definition) is 2. The van der Waals surface area contributed by atoms with E-state index in [9.17, 15) is 4.79 Å². The molecule has 0 aromatic rings. The third kappa shape index (κ3) is 9.43. The van der Waals surface area contributed by atoms with Crippen molar-refractivity contribution in [3.8, 4) is 0 Å². The van der Waals surface area contributed by atoms with Gasteiger partial charge >= 0.3 is 0 Å². The van der Waals surface area contributed by atoms with Gasteiger partial charge < -0.3 is 10.2 Å². The summed E-state index contributed by atoms with van der Waals surface area (Å²) in [5.41, 5.74) is 0. The molecule has 0 unspecified atom stereocenters. The number of carbonyl (C=O) groups is 1. The van der Waals surface area contributed by atoms with Crippen LogP contribution >= 0.6 is 0 Å². The van der Waals surface area contributed by atoms with Crippen molar-refractivity contribution in [2.45, 2.75) is 19.3 Å². The Labute approximate surface area is 68.8 Å². The second-order valence-corrected chi connectivity index (χ2v) is 2.88. The molecule has 0 aromatic heterocycles. The molecule has 0 atom stereocenters. The fourth-order valence-electron chi connectivity index (χ4n) is 0.802. The summed E-state index contributed by atoms with van der Waals surface area (Å²) < 4.78 is 0. The molecule has 1 aliphatic rings. The Morgan fingerprint density at radius 1 is 1.18 bits per heavy atom. The molecule has 0 spiro atoms. The van der Waals surface area contributed by atoms with Crippen molar-refractivity contribution >= 4 is 6.41 Å². The van der Waals surface area contributed by atoms with Gasteiger partial charge in [0.1, 0.15) is 0 Å². The molecule has 0 aromatic carbocycles. The normalized spacial score (nSPS) is 16.2. The third-order valence-corrected chi connectivity index (χ3v) is 1.42. The Kier molecular flexibility index (Phi) is 7.15. The maximum Gasteiger partial charge on any atom is 0.209 e. The van der Waals surface area contributed by atoms with E-state index in [1.807, 2.05) is 0 Å². The minimum atomic E-state index is 0.750. The number of amides is 1. The van der Waals surface area contributed by atoms with E-state index in [1.54, 1.807) is 14.1 Å². The second-order valence-electron chi connectivity index (χ2n) is 2.88.